The summed E-state index contributed by atoms with van der Waals surface area (Å²) in [5.74, 6) is -1.44. The van der Waals surface area contributed by atoms with E-state index in [1.165, 1.54) is 0 Å². The predicted molar refractivity (Wildman–Crippen MR) is 173 cm³/mol. The Hall–Kier alpha value is -0.880. The Morgan fingerprint density at radius 2 is 0.855 bits per heavy atom. The molecule has 0 radical (unpaired) electrons. The van der Waals surface area contributed by atoms with Gasteiger partial charge >= 0.3 is 0 Å². The van der Waals surface area contributed by atoms with E-state index in [4.69, 9.17) is 33.2 Å². The summed E-state index contributed by atoms with van der Waals surface area (Å²) in [4.78, 5) is 0. The summed E-state index contributed by atoms with van der Waals surface area (Å²) >= 11 is 0. The molecule has 0 amide bonds. The molecule has 320 valence electrons. The molecule has 4 aliphatic heterocycles. The quantitative estimate of drug-likeness (QED) is 0.0975. The number of hydrogen-bond acceptors (Lipinski definition) is 22. The molecule has 6 fully saturated rings. The molecule has 4 saturated heterocycles. The van der Waals surface area contributed by atoms with Gasteiger partial charge in [0.15, 0.2) is 18.9 Å². The predicted octanol–water partition coefficient (Wildman–Crippen LogP) is -8.40. The summed E-state index contributed by atoms with van der Waals surface area (Å²) in [7, 11) is 0. The molecule has 22 nitrogen and oxygen atoms in total. The fourth-order valence-electron chi connectivity index (χ4n) is 8.75. The first-order valence-corrected chi connectivity index (χ1v) is 18.7. The van der Waals surface area contributed by atoms with E-state index in [1.807, 2.05) is 0 Å². The maximum Gasteiger partial charge on any atom is 0.187 e. The van der Waals surface area contributed by atoms with Gasteiger partial charge in [0.2, 0.25) is 0 Å². The van der Waals surface area contributed by atoms with Gasteiger partial charge in [0.05, 0.1) is 62.5 Å². The molecular weight excluding hydrogens is 748 g/mol. The second kappa shape index (κ2) is 18.2. The fourth-order valence-corrected chi connectivity index (χ4v) is 8.75. The van der Waals surface area contributed by atoms with Crippen molar-refractivity contribution in [1.29, 1.82) is 0 Å². The van der Waals surface area contributed by atoms with Gasteiger partial charge in [0, 0.05) is 18.8 Å². The third-order valence-corrected chi connectivity index (χ3v) is 12.0. The number of aliphatic hydroxyl groups is 15. The summed E-state index contributed by atoms with van der Waals surface area (Å²) in [5.41, 5.74) is 0. The Labute approximate surface area is 314 Å². The van der Waals surface area contributed by atoms with Gasteiger partial charge in [-0.05, 0) is 25.2 Å². The number of fused-ring (bicyclic) bond motifs is 1. The summed E-state index contributed by atoms with van der Waals surface area (Å²) < 4.78 is 41.1. The van der Waals surface area contributed by atoms with Gasteiger partial charge in [-0.2, -0.15) is 0 Å². The van der Waals surface area contributed by atoms with Crippen molar-refractivity contribution in [2.45, 2.75) is 173 Å². The first-order valence-electron chi connectivity index (χ1n) is 18.7. The van der Waals surface area contributed by atoms with Crippen molar-refractivity contribution in [1.82, 2.24) is 0 Å². The van der Waals surface area contributed by atoms with Crippen LogP contribution in [-0.2, 0) is 33.2 Å². The molecule has 0 aromatic heterocycles. The van der Waals surface area contributed by atoms with Crippen LogP contribution in [0.4, 0.5) is 0 Å². The van der Waals surface area contributed by atoms with Crippen molar-refractivity contribution in [3.63, 3.8) is 0 Å². The summed E-state index contributed by atoms with van der Waals surface area (Å²) in [6.07, 6.45) is -33.7. The lowest BCUT2D eigenvalue weighted by Gasteiger charge is -2.52. The van der Waals surface area contributed by atoms with Crippen molar-refractivity contribution < 1.29 is 110 Å². The molecule has 0 aromatic rings. The number of aliphatic hydroxyl groups excluding tert-OH is 15. The van der Waals surface area contributed by atoms with Crippen molar-refractivity contribution in [2.24, 2.45) is 11.8 Å². The molecule has 22 heteroatoms. The first kappa shape index (κ1) is 43.7. The lowest BCUT2D eigenvalue weighted by atomic mass is 9.72. The molecule has 0 bridgehead atoms. The Bertz CT molecular complexity index is 1220. The van der Waals surface area contributed by atoms with E-state index in [9.17, 15) is 76.6 Å². The van der Waals surface area contributed by atoms with E-state index in [0.717, 1.165) is 0 Å². The minimum absolute atomic E-state index is 0.0195. The smallest absolute Gasteiger partial charge is 0.187 e. The zero-order chi connectivity index (χ0) is 40.0. The Balaban J connectivity index is 1.23. The van der Waals surface area contributed by atoms with Crippen molar-refractivity contribution in [3.05, 3.63) is 0 Å². The lowest BCUT2D eigenvalue weighted by Crippen LogP contribution is -2.63. The zero-order valence-corrected chi connectivity index (χ0v) is 29.7. The maximum absolute atomic E-state index is 11.4. The third-order valence-electron chi connectivity index (χ3n) is 12.0. The van der Waals surface area contributed by atoms with E-state index < -0.39 is 173 Å². The summed E-state index contributed by atoms with van der Waals surface area (Å²) in [6, 6.07) is 0. The van der Waals surface area contributed by atoms with Crippen LogP contribution >= 0.6 is 0 Å². The van der Waals surface area contributed by atoms with Gasteiger partial charge in [-0.15, -0.1) is 0 Å². The van der Waals surface area contributed by atoms with Gasteiger partial charge in [-0.1, -0.05) is 0 Å². The van der Waals surface area contributed by atoms with Crippen LogP contribution in [0.3, 0.4) is 0 Å². The van der Waals surface area contributed by atoms with Crippen molar-refractivity contribution in [2.75, 3.05) is 19.8 Å². The minimum Gasteiger partial charge on any atom is -0.394 e. The molecule has 6 rings (SSSR count). The summed E-state index contributed by atoms with van der Waals surface area (Å²) in [6.45, 7) is -2.17. The molecule has 10 unspecified atom stereocenters. The second-order valence-corrected chi connectivity index (χ2v) is 15.6. The lowest BCUT2D eigenvalue weighted by molar-refractivity contribution is -0.342. The van der Waals surface area contributed by atoms with E-state index in [0.29, 0.717) is 0 Å². The molecule has 25 atom stereocenters. The van der Waals surface area contributed by atoms with Crippen LogP contribution in [0.5, 0.6) is 0 Å². The van der Waals surface area contributed by atoms with Crippen LogP contribution in [-0.4, -0.2) is 237 Å². The van der Waals surface area contributed by atoms with E-state index in [1.54, 1.807) is 0 Å². The molecule has 55 heavy (non-hydrogen) atoms. The van der Waals surface area contributed by atoms with Gasteiger partial charge in [-0.3, -0.25) is 0 Å². The van der Waals surface area contributed by atoms with Gasteiger partial charge in [-0.25, -0.2) is 0 Å². The first-order chi connectivity index (χ1) is 26.1. The molecule has 2 saturated carbocycles. The van der Waals surface area contributed by atoms with Crippen LogP contribution in [0.1, 0.15) is 32.1 Å². The zero-order valence-electron chi connectivity index (χ0n) is 29.7. The SMILES string of the molecule is OC[C@@H]1O[C@@H](OC2CC3C(O)CC(O[C@H]4O[C@H](CO)[C@@H](O)[C@H](O)[C@H]4O)CC3OC2C2CC(O)C(O)C(O[C@H]3O[C@@H](CO)[C@H](O)[C@@H](O)[C@@H]3O)C2)[C@@H](O)[C@H](O)[C@H]1O. The van der Waals surface area contributed by atoms with Crippen molar-refractivity contribution in [3.8, 4) is 0 Å². The van der Waals surface area contributed by atoms with Crippen LogP contribution in [0.15, 0.2) is 0 Å². The van der Waals surface area contributed by atoms with E-state index >= 15 is 0 Å². The maximum atomic E-state index is 11.4. The topological polar surface area (TPSA) is 368 Å². The standard InChI is InChI=1S/C33H56O22/c34-6-17-21(40)24(43)27(46)31(53-17)49-10-3-12(37)11-5-16(52-33-29(48)26(45)23(42)19(8-36)55-33)30(50-14(11)4-10)9-1-13(38)20(39)15(2-9)51-32-28(47)25(44)22(41)18(7-35)54-32/h9-48H,1-8H2/t9?,10?,11?,12?,13?,14?,15?,16?,17-,18+,19+,20?,21-,22+,23+,24+,25-,26-,27-,28+,29+,30?,31+,32+,33-/m1/s1. The highest BCUT2D eigenvalue weighted by Crippen LogP contribution is 2.45. The largest absolute Gasteiger partial charge is 0.394 e. The fraction of sp³-hybridized carbons (Fsp3) is 1.00. The third kappa shape index (κ3) is 8.87. The molecule has 0 aromatic carbocycles. The van der Waals surface area contributed by atoms with Gasteiger partial charge in [0.1, 0.15) is 79.4 Å². The van der Waals surface area contributed by atoms with Gasteiger partial charge in [0.25, 0.3) is 0 Å². The highest BCUT2D eigenvalue weighted by atomic mass is 16.7. The highest BCUT2D eigenvalue weighted by molar-refractivity contribution is 5.02. The van der Waals surface area contributed by atoms with Crippen LogP contribution in [0.25, 0.3) is 0 Å². The highest BCUT2D eigenvalue weighted by Gasteiger charge is 2.55. The minimum atomic E-state index is -1.82. The average Bonchev–Trinajstić information content (AvgIpc) is 3.16. The molecular formula is C33H56O22. The van der Waals surface area contributed by atoms with E-state index in [2.05, 4.69) is 0 Å². The Kier molecular flexibility index (Phi) is 14.4. The second-order valence-electron chi connectivity index (χ2n) is 15.6. The molecule has 6 aliphatic rings. The van der Waals surface area contributed by atoms with Crippen LogP contribution in [0.2, 0.25) is 0 Å². The Morgan fingerprint density at radius 1 is 0.400 bits per heavy atom. The van der Waals surface area contributed by atoms with E-state index in [-0.39, 0.29) is 32.1 Å². The van der Waals surface area contributed by atoms with Crippen LogP contribution < -0.4 is 0 Å². The number of ether oxygens (including phenoxy) is 7. The van der Waals surface area contributed by atoms with Gasteiger partial charge < -0.3 is 110 Å². The monoisotopic (exact) mass is 804 g/mol. The number of hydrogen-bond donors (Lipinski definition) is 15. The molecule has 15 N–H and O–H groups in total. The van der Waals surface area contributed by atoms with Crippen LogP contribution in [0, 0.1) is 11.8 Å². The molecule has 4 heterocycles. The number of rotatable bonds is 10. The van der Waals surface area contributed by atoms with Crippen molar-refractivity contribution >= 4 is 0 Å². The Morgan fingerprint density at radius 3 is 1.33 bits per heavy atom. The summed E-state index contributed by atoms with van der Waals surface area (Å²) in [5, 5.41) is 156. The molecule has 0 spiro atoms. The normalized spacial score (nSPS) is 55.1. The average molecular weight is 805 g/mol. The molecule has 2 aliphatic carbocycles.